The Morgan fingerprint density at radius 3 is 2.78 bits per heavy atom. The number of anilines is 1. The van der Waals surface area contributed by atoms with Crippen LogP contribution in [0.5, 0.6) is 5.75 Å². The van der Waals surface area contributed by atoms with Crippen molar-refractivity contribution in [2.24, 2.45) is 14.1 Å². The fraction of sp³-hybridized carbons (Fsp3) is 0.304. The summed E-state index contributed by atoms with van der Waals surface area (Å²) in [6.07, 6.45) is 2.51. The highest BCUT2D eigenvalue weighted by Gasteiger charge is 2.26. The van der Waals surface area contributed by atoms with E-state index >= 15 is 0 Å². The third-order valence-corrected chi connectivity index (χ3v) is 5.87. The molecule has 1 unspecified atom stereocenters. The molecular weight excluding hydrogens is 409 g/mol. The zero-order valence-electron chi connectivity index (χ0n) is 18.4. The predicted octanol–water partition coefficient (Wildman–Crippen LogP) is 3.61. The molecule has 3 aromatic heterocycles. The highest BCUT2D eigenvalue weighted by molar-refractivity contribution is 5.73. The second-order valence-electron chi connectivity index (χ2n) is 8.01. The smallest absolute Gasteiger partial charge is 0.166 e. The first-order chi connectivity index (χ1) is 15.4. The summed E-state index contributed by atoms with van der Waals surface area (Å²) in [5.41, 5.74) is 12.9. The summed E-state index contributed by atoms with van der Waals surface area (Å²) in [5.74, 6) is 0.374. The second-order valence-corrected chi connectivity index (χ2v) is 8.01. The summed E-state index contributed by atoms with van der Waals surface area (Å²) >= 11 is 0. The van der Waals surface area contributed by atoms with Crippen LogP contribution in [0.1, 0.15) is 42.6 Å². The Balaban J connectivity index is 1.84. The molecule has 0 radical (unpaired) electrons. The fourth-order valence-corrected chi connectivity index (χ4v) is 4.36. The summed E-state index contributed by atoms with van der Waals surface area (Å²) in [4.78, 5) is 5.92. The molecule has 0 amide bonds. The standard InChI is InChI=1S/C23H24FN7O/c1-5-17-21-13-8-20(23(25)26-11-13)32-12(2)16-9-14(24)6-7-15(16)22-18(28-31(4)29-22)10-19(21)30(3)27-17/h6-9,11-12H,5,10H2,1-4H3,(H2,25,26). The molecule has 2 bridgehead atoms. The van der Waals surface area contributed by atoms with E-state index in [2.05, 4.69) is 22.1 Å². The SMILES string of the molecule is CCc1nn(C)c2c1-c1cnc(N)c(c1)OC(C)c1cc(F)ccc1-c1nn(C)nc1C2. The van der Waals surface area contributed by atoms with Crippen LogP contribution in [0.3, 0.4) is 0 Å². The van der Waals surface area contributed by atoms with E-state index < -0.39 is 6.10 Å². The Kier molecular flexibility index (Phi) is 4.69. The molecule has 0 fully saturated rings. The van der Waals surface area contributed by atoms with Crippen molar-refractivity contribution >= 4 is 5.82 Å². The van der Waals surface area contributed by atoms with Crippen LogP contribution in [0.4, 0.5) is 10.2 Å². The van der Waals surface area contributed by atoms with Crippen molar-refractivity contribution in [2.45, 2.75) is 32.8 Å². The first kappa shape index (κ1) is 20.2. The maximum atomic E-state index is 14.3. The number of nitrogens with two attached hydrogens (primary N) is 1. The molecule has 5 rings (SSSR count). The molecular formula is C23H24FN7O. The number of nitrogen functional groups attached to an aromatic ring is 1. The lowest BCUT2D eigenvalue weighted by molar-refractivity contribution is 0.227. The minimum Gasteiger partial charge on any atom is -0.482 e. The van der Waals surface area contributed by atoms with Gasteiger partial charge in [-0.25, -0.2) is 9.37 Å². The van der Waals surface area contributed by atoms with Gasteiger partial charge in [0.05, 0.1) is 17.1 Å². The van der Waals surface area contributed by atoms with E-state index in [1.165, 1.54) is 12.1 Å². The van der Waals surface area contributed by atoms with Crippen LogP contribution in [-0.2, 0) is 26.9 Å². The quantitative estimate of drug-likeness (QED) is 0.493. The maximum Gasteiger partial charge on any atom is 0.166 e. The summed E-state index contributed by atoms with van der Waals surface area (Å²) in [7, 11) is 3.71. The molecule has 1 aliphatic rings. The van der Waals surface area contributed by atoms with Crippen molar-refractivity contribution in [2.75, 3.05) is 5.73 Å². The number of halogens is 1. The topological polar surface area (TPSA) is 96.7 Å². The predicted molar refractivity (Wildman–Crippen MR) is 118 cm³/mol. The van der Waals surface area contributed by atoms with Gasteiger partial charge in [0.25, 0.3) is 0 Å². The normalized spacial score (nSPS) is 15.1. The van der Waals surface area contributed by atoms with Crippen LogP contribution in [0, 0.1) is 5.82 Å². The fourth-order valence-electron chi connectivity index (χ4n) is 4.36. The molecule has 1 atom stereocenters. The summed E-state index contributed by atoms with van der Waals surface area (Å²) in [5, 5.41) is 14.0. The van der Waals surface area contributed by atoms with Crippen molar-refractivity contribution in [1.29, 1.82) is 0 Å². The highest BCUT2D eigenvalue weighted by atomic mass is 19.1. The zero-order valence-corrected chi connectivity index (χ0v) is 18.4. The number of ether oxygens (including phenoxy) is 1. The van der Waals surface area contributed by atoms with Crippen molar-refractivity contribution in [3.8, 4) is 28.1 Å². The van der Waals surface area contributed by atoms with Gasteiger partial charge in [-0.3, -0.25) is 4.68 Å². The molecule has 4 aromatic rings. The van der Waals surface area contributed by atoms with E-state index in [9.17, 15) is 4.39 Å². The number of rotatable bonds is 1. The van der Waals surface area contributed by atoms with Crippen LogP contribution < -0.4 is 10.5 Å². The number of hydrogen-bond acceptors (Lipinski definition) is 6. The van der Waals surface area contributed by atoms with Crippen LogP contribution in [0.2, 0.25) is 0 Å². The zero-order chi connectivity index (χ0) is 22.6. The van der Waals surface area contributed by atoms with Gasteiger partial charge in [0, 0.05) is 49.0 Å². The largest absolute Gasteiger partial charge is 0.482 e. The average Bonchev–Trinajstić information content (AvgIpc) is 3.28. The molecule has 1 aliphatic heterocycles. The van der Waals surface area contributed by atoms with Gasteiger partial charge in [0.2, 0.25) is 0 Å². The third kappa shape index (κ3) is 3.21. The van der Waals surface area contributed by atoms with Gasteiger partial charge in [-0.05, 0) is 37.6 Å². The van der Waals surface area contributed by atoms with E-state index in [-0.39, 0.29) is 11.6 Å². The lowest BCUT2D eigenvalue weighted by atomic mass is 9.95. The summed E-state index contributed by atoms with van der Waals surface area (Å²) in [6.45, 7) is 3.93. The van der Waals surface area contributed by atoms with Gasteiger partial charge in [-0.15, -0.1) is 0 Å². The van der Waals surface area contributed by atoms with Crippen molar-refractivity contribution < 1.29 is 9.13 Å². The van der Waals surface area contributed by atoms with Crippen molar-refractivity contribution in [3.63, 3.8) is 0 Å². The molecule has 0 aliphatic carbocycles. The minimum absolute atomic E-state index is 0.277. The van der Waals surface area contributed by atoms with Gasteiger partial charge in [0.15, 0.2) is 11.6 Å². The molecule has 0 spiro atoms. The molecule has 0 saturated carbocycles. The van der Waals surface area contributed by atoms with E-state index in [1.807, 2.05) is 24.7 Å². The lowest BCUT2D eigenvalue weighted by Crippen LogP contribution is -2.10. The van der Waals surface area contributed by atoms with Gasteiger partial charge in [-0.2, -0.15) is 20.1 Å². The van der Waals surface area contributed by atoms with E-state index in [1.54, 1.807) is 24.1 Å². The van der Waals surface area contributed by atoms with Gasteiger partial charge < -0.3 is 10.5 Å². The average molecular weight is 433 g/mol. The molecule has 9 heteroatoms. The molecule has 2 N–H and O–H groups in total. The monoisotopic (exact) mass is 433 g/mol. The minimum atomic E-state index is -0.492. The summed E-state index contributed by atoms with van der Waals surface area (Å²) < 4.78 is 22.3. The number of aromatic nitrogens is 6. The van der Waals surface area contributed by atoms with Crippen molar-refractivity contribution in [1.82, 2.24) is 29.8 Å². The van der Waals surface area contributed by atoms with Crippen LogP contribution >= 0.6 is 0 Å². The highest BCUT2D eigenvalue weighted by Crippen LogP contribution is 2.38. The molecule has 4 heterocycles. The van der Waals surface area contributed by atoms with Crippen molar-refractivity contribution in [3.05, 3.63) is 58.9 Å². The number of aryl methyl sites for hydroxylation is 3. The lowest BCUT2D eigenvalue weighted by Gasteiger charge is -2.20. The summed E-state index contributed by atoms with van der Waals surface area (Å²) in [6, 6.07) is 6.51. The number of benzene rings is 1. The Bertz CT molecular complexity index is 1340. The molecule has 32 heavy (non-hydrogen) atoms. The number of pyridine rings is 1. The van der Waals surface area contributed by atoms with E-state index in [4.69, 9.17) is 15.6 Å². The Morgan fingerprint density at radius 2 is 2.00 bits per heavy atom. The Labute approximate surface area is 184 Å². The molecule has 164 valence electrons. The van der Waals surface area contributed by atoms with Crippen LogP contribution in [0.15, 0.2) is 30.5 Å². The van der Waals surface area contributed by atoms with Crippen LogP contribution in [-0.4, -0.2) is 29.8 Å². The first-order valence-electron chi connectivity index (χ1n) is 10.5. The third-order valence-electron chi connectivity index (χ3n) is 5.87. The molecule has 8 nitrogen and oxygen atoms in total. The van der Waals surface area contributed by atoms with Gasteiger partial charge in [0.1, 0.15) is 17.6 Å². The Morgan fingerprint density at radius 1 is 1.19 bits per heavy atom. The molecule has 0 saturated heterocycles. The number of hydrogen-bond donors (Lipinski definition) is 1. The number of nitrogens with zero attached hydrogens (tertiary/aromatic N) is 6. The van der Waals surface area contributed by atoms with Crippen LogP contribution in [0.25, 0.3) is 22.4 Å². The molecule has 1 aromatic carbocycles. The van der Waals surface area contributed by atoms with Gasteiger partial charge in [-0.1, -0.05) is 6.92 Å². The maximum absolute atomic E-state index is 14.3. The second kappa shape index (κ2) is 7.44. The van der Waals surface area contributed by atoms with Gasteiger partial charge >= 0.3 is 0 Å². The number of fused-ring (bicyclic) bond motifs is 7. The Hall–Kier alpha value is -3.75. The first-order valence-corrected chi connectivity index (χ1v) is 10.5. The van der Waals surface area contributed by atoms with E-state index in [0.717, 1.165) is 40.2 Å². The van der Waals surface area contributed by atoms with E-state index in [0.29, 0.717) is 23.4 Å².